The number of hydrogen-bond donors (Lipinski definition) is 2. The van der Waals surface area contributed by atoms with Gasteiger partial charge in [0.25, 0.3) is 0 Å². The number of amides is 2. The van der Waals surface area contributed by atoms with E-state index in [4.69, 9.17) is 27.9 Å². The third kappa shape index (κ3) is 5.38. The van der Waals surface area contributed by atoms with E-state index >= 15 is 0 Å². The Hall–Kier alpha value is -2.87. The molecule has 0 fully saturated rings. The molecule has 1 heterocycles. The molecule has 0 aliphatic rings. The van der Waals surface area contributed by atoms with Gasteiger partial charge >= 0.3 is 6.03 Å². The normalized spacial score (nSPS) is 11.6. The van der Waals surface area contributed by atoms with Gasteiger partial charge in [-0.05, 0) is 31.2 Å². The predicted molar refractivity (Wildman–Crippen MR) is 121 cm³/mol. The maximum atomic E-state index is 13.2. The fourth-order valence-electron chi connectivity index (χ4n) is 2.76. The van der Waals surface area contributed by atoms with Crippen LogP contribution in [0.15, 0.2) is 60.8 Å². The highest BCUT2D eigenvalue weighted by Gasteiger charge is 2.21. The SMILES string of the molecule is COC[C@H](C)Nc1nccc(N(C(=O)Nc2cccc(Cl)c2Cl)c2ccccc2)n1. The fourth-order valence-corrected chi connectivity index (χ4v) is 3.11. The zero-order valence-corrected chi connectivity index (χ0v) is 18.0. The average Bonchev–Trinajstić information content (AvgIpc) is 2.73. The van der Waals surface area contributed by atoms with E-state index in [1.165, 1.54) is 4.90 Å². The molecule has 0 saturated heterocycles. The summed E-state index contributed by atoms with van der Waals surface area (Å²) in [6.07, 6.45) is 1.58. The number of halogens is 2. The molecule has 2 N–H and O–H groups in total. The molecule has 0 aliphatic carbocycles. The van der Waals surface area contributed by atoms with Crippen molar-refractivity contribution in [1.29, 1.82) is 0 Å². The second kappa shape index (κ2) is 10.2. The summed E-state index contributed by atoms with van der Waals surface area (Å²) in [4.78, 5) is 23.4. The van der Waals surface area contributed by atoms with Gasteiger partial charge in [-0.1, -0.05) is 47.5 Å². The number of ether oxygens (including phenoxy) is 1. The van der Waals surface area contributed by atoms with Crippen molar-refractivity contribution < 1.29 is 9.53 Å². The molecule has 9 heteroatoms. The molecular weight excluding hydrogens is 425 g/mol. The van der Waals surface area contributed by atoms with Gasteiger partial charge in [-0.15, -0.1) is 0 Å². The minimum atomic E-state index is -0.444. The van der Waals surface area contributed by atoms with E-state index in [9.17, 15) is 4.79 Å². The standard InChI is InChI=1S/C21H21Cl2N5O2/c1-14(13-30-2)25-20-24-12-11-18(27-20)28(15-7-4-3-5-8-15)21(29)26-17-10-6-9-16(22)19(17)23/h3-12,14H,13H2,1-2H3,(H,26,29)(H,24,25,27)/t14-/m0/s1. The highest BCUT2D eigenvalue weighted by atomic mass is 35.5. The number of nitrogens with one attached hydrogen (secondary N) is 2. The Balaban J connectivity index is 1.94. The Morgan fingerprint density at radius 1 is 1.13 bits per heavy atom. The summed E-state index contributed by atoms with van der Waals surface area (Å²) in [6.45, 7) is 2.44. The molecule has 0 aliphatic heterocycles. The van der Waals surface area contributed by atoms with Crippen molar-refractivity contribution in [2.75, 3.05) is 29.3 Å². The van der Waals surface area contributed by atoms with Crippen LogP contribution in [0.1, 0.15) is 6.92 Å². The van der Waals surface area contributed by atoms with Crippen molar-refractivity contribution in [2.24, 2.45) is 0 Å². The van der Waals surface area contributed by atoms with Crippen LogP contribution in [0.4, 0.5) is 27.9 Å². The third-order valence-corrected chi connectivity index (χ3v) is 4.89. The maximum Gasteiger partial charge on any atom is 0.332 e. The summed E-state index contributed by atoms with van der Waals surface area (Å²) < 4.78 is 5.13. The number of urea groups is 1. The number of aromatic nitrogens is 2. The topological polar surface area (TPSA) is 79.4 Å². The molecule has 30 heavy (non-hydrogen) atoms. The van der Waals surface area contributed by atoms with Gasteiger partial charge in [-0.2, -0.15) is 4.98 Å². The van der Waals surface area contributed by atoms with Crippen LogP contribution < -0.4 is 15.5 Å². The highest BCUT2D eigenvalue weighted by molar-refractivity contribution is 6.44. The molecule has 0 radical (unpaired) electrons. The Labute approximate surface area is 185 Å². The minimum absolute atomic E-state index is 0.00507. The number of benzene rings is 2. The van der Waals surface area contributed by atoms with Crippen LogP contribution in [-0.2, 0) is 4.74 Å². The van der Waals surface area contributed by atoms with Crippen molar-refractivity contribution in [3.05, 3.63) is 70.8 Å². The van der Waals surface area contributed by atoms with Crippen LogP contribution in [0.3, 0.4) is 0 Å². The van der Waals surface area contributed by atoms with Crippen molar-refractivity contribution in [3.63, 3.8) is 0 Å². The lowest BCUT2D eigenvalue weighted by Crippen LogP contribution is -2.32. The number of carbonyl (C=O) groups excluding carboxylic acids is 1. The summed E-state index contributed by atoms with van der Waals surface area (Å²) >= 11 is 12.3. The molecule has 2 aromatic carbocycles. The molecule has 1 aromatic heterocycles. The number of anilines is 4. The van der Waals surface area contributed by atoms with E-state index in [-0.39, 0.29) is 11.1 Å². The van der Waals surface area contributed by atoms with Gasteiger partial charge < -0.3 is 15.4 Å². The van der Waals surface area contributed by atoms with Crippen LogP contribution in [0.25, 0.3) is 0 Å². The largest absolute Gasteiger partial charge is 0.383 e. The Morgan fingerprint density at radius 2 is 1.90 bits per heavy atom. The van der Waals surface area contributed by atoms with Gasteiger partial charge in [0.1, 0.15) is 5.82 Å². The fraction of sp³-hybridized carbons (Fsp3) is 0.190. The van der Waals surface area contributed by atoms with Crippen LogP contribution in [0, 0.1) is 0 Å². The molecule has 7 nitrogen and oxygen atoms in total. The maximum absolute atomic E-state index is 13.2. The zero-order valence-electron chi connectivity index (χ0n) is 16.5. The number of para-hydroxylation sites is 1. The second-order valence-electron chi connectivity index (χ2n) is 6.44. The van der Waals surface area contributed by atoms with Crippen molar-refractivity contribution >= 4 is 52.4 Å². The molecule has 3 aromatic rings. The summed E-state index contributed by atoms with van der Waals surface area (Å²) in [5.41, 5.74) is 1.03. The predicted octanol–water partition coefficient (Wildman–Crippen LogP) is 5.60. The quantitative estimate of drug-likeness (QED) is 0.494. The van der Waals surface area contributed by atoms with E-state index in [1.807, 2.05) is 37.3 Å². The lowest BCUT2D eigenvalue weighted by atomic mass is 10.3. The molecule has 0 unspecified atom stereocenters. The van der Waals surface area contributed by atoms with Crippen molar-refractivity contribution in [2.45, 2.75) is 13.0 Å². The molecular formula is C21H21Cl2N5O2. The van der Waals surface area contributed by atoms with Gasteiger partial charge in [-0.3, -0.25) is 0 Å². The molecule has 0 bridgehead atoms. The smallest absolute Gasteiger partial charge is 0.332 e. The lowest BCUT2D eigenvalue weighted by Gasteiger charge is -2.23. The monoisotopic (exact) mass is 445 g/mol. The number of methoxy groups -OCH3 is 1. The van der Waals surface area contributed by atoms with Crippen LogP contribution in [-0.4, -0.2) is 35.8 Å². The van der Waals surface area contributed by atoms with Gasteiger partial charge in [0.2, 0.25) is 5.95 Å². The zero-order chi connectivity index (χ0) is 21.5. The number of carbonyl (C=O) groups is 1. The van der Waals surface area contributed by atoms with E-state index in [1.54, 1.807) is 37.6 Å². The van der Waals surface area contributed by atoms with Crippen LogP contribution >= 0.6 is 23.2 Å². The number of hydrogen-bond acceptors (Lipinski definition) is 5. The minimum Gasteiger partial charge on any atom is -0.383 e. The van der Waals surface area contributed by atoms with Gasteiger partial charge in [0.15, 0.2) is 0 Å². The second-order valence-corrected chi connectivity index (χ2v) is 7.23. The first-order chi connectivity index (χ1) is 14.5. The van der Waals surface area contributed by atoms with E-state index in [2.05, 4.69) is 20.6 Å². The molecule has 1 atom stereocenters. The highest BCUT2D eigenvalue weighted by Crippen LogP contribution is 2.31. The van der Waals surface area contributed by atoms with Crippen LogP contribution in [0.2, 0.25) is 10.0 Å². The molecule has 2 amide bonds. The molecule has 0 saturated carbocycles. The number of rotatable bonds is 7. The Morgan fingerprint density at radius 3 is 2.63 bits per heavy atom. The van der Waals surface area contributed by atoms with Gasteiger partial charge in [0, 0.05) is 25.4 Å². The first kappa shape index (κ1) is 21.8. The first-order valence-corrected chi connectivity index (χ1v) is 9.94. The number of nitrogens with zero attached hydrogens (tertiary/aromatic N) is 3. The molecule has 3 rings (SSSR count). The first-order valence-electron chi connectivity index (χ1n) is 9.18. The van der Waals surface area contributed by atoms with Gasteiger partial charge in [0.05, 0.1) is 28.0 Å². The summed E-state index contributed by atoms with van der Waals surface area (Å²) in [6, 6.07) is 15.4. The Bertz CT molecular complexity index is 1000. The molecule has 0 spiro atoms. The van der Waals surface area contributed by atoms with Crippen LogP contribution in [0.5, 0.6) is 0 Å². The lowest BCUT2D eigenvalue weighted by molar-refractivity contribution is 0.190. The van der Waals surface area contributed by atoms with Gasteiger partial charge in [-0.25, -0.2) is 14.7 Å². The Kier molecular flexibility index (Phi) is 7.46. The summed E-state index contributed by atoms with van der Waals surface area (Å²) in [5, 5.41) is 6.56. The van der Waals surface area contributed by atoms with E-state index in [0.29, 0.717) is 34.8 Å². The van der Waals surface area contributed by atoms with E-state index in [0.717, 1.165) is 0 Å². The van der Waals surface area contributed by atoms with Crippen molar-refractivity contribution in [3.8, 4) is 0 Å². The summed E-state index contributed by atoms with van der Waals surface area (Å²) in [5.74, 6) is 0.769. The average molecular weight is 446 g/mol. The molecule has 156 valence electrons. The van der Waals surface area contributed by atoms with E-state index < -0.39 is 6.03 Å². The van der Waals surface area contributed by atoms with Crippen molar-refractivity contribution in [1.82, 2.24) is 9.97 Å². The third-order valence-electron chi connectivity index (χ3n) is 4.07. The summed E-state index contributed by atoms with van der Waals surface area (Å²) in [7, 11) is 1.62.